The summed E-state index contributed by atoms with van der Waals surface area (Å²) < 4.78 is 1.81. The second-order valence-corrected chi connectivity index (χ2v) is 5.68. The number of fused-ring (bicyclic) bond motifs is 1. The topological polar surface area (TPSA) is 89.4 Å². The lowest BCUT2D eigenvalue weighted by atomic mass is 10.1. The summed E-state index contributed by atoms with van der Waals surface area (Å²) >= 11 is 0. The summed E-state index contributed by atoms with van der Waals surface area (Å²) in [6, 6.07) is 7.72. The number of nitrogens with two attached hydrogens (primary N) is 1. The molecule has 0 bridgehead atoms. The van der Waals surface area contributed by atoms with E-state index >= 15 is 0 Å². The molecule has 1 aliphatic rings. The van der Waals surface area contributed by atoms with Crippen LogP contribution in [0.1, 0.15) is 6.42 Å². The van der Waals surface area contributed by atoms with Crippen LogP contribution in [0.4, 0.5) is 5.82 Å². The molecule has 3 aromatic heterocycles. The maximum Gasteiger partial charge on any atom is 0.222 e. The molecule has 23 heavy (non-hydrogen) atoms. The summed E-state index contributed by atoms with van der Waals surface area (Å²) in [7, 11) is 0. The Labute approximate surface area is 132 Å². The number of primary amides is 1. The highest BCUT2D eigenvalue weighted by molar-refractivity contribution is 5.78. The number of rotatable bonds is 3. The van der Waals surface area contributed by atoms with Crippen molar-refractivity contribution in [3.8, 4) is 11.3 Å². The molecule has 0 radical (unpaired) electrons. The molecule has 116 valence electrons. The summed E-state index contributed by atoms with van der Waals surface area (Å²) in [5.41, 5.74) is 8.03. The van der Waals surface area contributed by atoms with Crippen LogP contribution < -0.4 is 10.6 Å². The minimum atomic E-state index is -0.243. The van der Waals surface area contributed by atoms with Gasteiger partial charge in [0.2, 0.25) is 5.91 Å². The zero-order chi connectivity index (χ0) is 15.8. The number of anilines is 1. The molecule has 4 heterocycles. The van der Waals surface area contributed by atoms with Gasteiger partial charge in [-0.2, -0.15) is 0 Å². The molecule has 0 aromatic carbocycles. The molecule has 1 saturated heterocycles. The first-order chi connectivity index (χ1) is 11.2. The van der Waals surface area contributed by atoms with Crippen LogP contribution in [0.5, 0.6) is 0 Å². The van der Waals surface area contributed by atoms with E-state index in [0.717, 1.165) is 35.7 Å². The summed E-state index contributed by atoms with van der Waals surface area (Å²) in [6.45, 7) is 1.40. The number of pyridine rings is 1. The Morgan fingerprint density at radius 3 is 2.91 bits per heavy atom. The zero-order valence-electron chi connectivity index (χ0n) is 12.5. The Bertz CT molecular complexity index is 859. The van der Waals surface area contributed by atoms with Gasteiger partial charge in [0, 0.05) is 31.0 Å². The Hall–Kier alpha value is -2.96. The lowest BCUT2D eigenvalue weighted by Gasteiger charge is -2.17. The lowest BCUT2D eigenvalue weighted by Crippen LogP contribution is -2.27. The van der Waals surface area contributed by atoms with Crippen molar-refractivity contribution >= 4 is 17.4 Å². The minimum Gasteiger partial charge on any atom is -0.369 e. The first-order valence-corrected chi connectivity index (χ1v) is 7.52. The Morgan fingerprint density at radius 1 is 1.26 bits per heavy atom. The average Bonchev–Trinajstić information content (AvgIpc) is 3.22. The molecule has 1 aliphatic heterocycles. The largest absolute Gasteiger partial charge is 0.369 e. The summed E-state index contributed by atoms with van der Waals surface area (Å²) in [4.78, 5) is 22.0. The van der Waals surface area contributed by atoms with E-state index in [9.17, 15) is 4.79 Å². The highest BCUT2D eigenvalue weighted by Gasteiger charge is 2.27. The third-order valence-corrected chi connectivity index (χ3v) is 4.22. The van der Waals surface area contributed by atoms with Crippen LogP contribution in [0.3, 0.4) is 0 Å². The molecule has 0 aliphatic carbocycles. The molecule has 0 spiro atoms. The predicted molar refractivity (Wildman–Crippen MR) is 85.7 cm³/mol. The number of aromatic nitrogens is 4. The van der Waals surface area contributed by atoms with Crippen molar-refractivity contribution in [3.63, 3.8) is 0 Å². The van der Waals surface area contributed by atoms with E-state index in [1.165, 1.54) is 0 Å². The van der Waals surface area contributed by atoms with Gasteiger partial charge < -0.3 is 10.6 Å². The lowest BCUT2D eigenvalue weighted by molar-refractivity contribution is -0.121. The van der Waals surface area contributed by atoms with E-state index < -0.39 is 0 Å². The molecular weight excluding hydrogens is 292 g/mol. The maximum absolute atomic E-state index is 11.3. The van der Waals surface area contributed by atoms with Crippen LogP contribution in [-0.4, -0.2) is 38.6 Å². The van der Waals surface area contributed by atoms with E-state index in [4.69, 9.17) is 5.73 Å². The van der Waals surface area contributed by atoms with Gasteiger partial charge in [0.15, 0.2) is 5.65 Å². The maximum atomic E-state index is 11.3. The van der Waals surface area contributed by atoms with E-state index in [1.807, 2.05) is 28.8 Å². The highest BCUT2D eigenvalue weighted by Crippen LogP contribution is 2.24. The van der Waals surface area contributed by atoms with E-state index in [2.05, 4.69) is 20.0 Å². The van der Waals surface area contributed by atoms with Crippen LogP contribution >= 0.6 is 0 Å². The third kappa shape index (κ3) is 2.40. The van der Waals surface area contributed by atoms with Crippen LogP contribution in [0.25, 0.3) is 16.9 Å². The van der Waals surface area contributed by atoms with Gasteiger partial charge >= 0.3 is 0 Å². The summed E-state index contributed by atoms with van der Waals surface area (Å²) in [5, 5.41) is 4.69. The van der Waals surface area contributed by atoms with Crippen molar-refractivity contribution in [1.29, 1.82) is 0 Å². The van der Waals surface area contributed by atoms with Crippen molar-refractivity contribution in [2.45, 2.75) is 6.42 Å². The Kier molecular flexibility index (Phi) is 3.18. The molecule has 7 nitrogen and oxygen atoms in total. The van der Waals surface area contributed by atoms with Crippen LogP contribution in [0.2, 0.25) is 0 Å². The van der Waals surface area contributed by atoms with Gasteiger partial charge in [0.05, 0.1) is 17.8 Å². The van der Waals surface area contributed by atoms with Gasteiger partial charge in [-0.3, -0.25) is 9.78 Å². The number of hydrogen-bond donors (Lipinski definition) is 1. The van der Waals surface area contributed by atoms with Crippen molar-refractivity contribution in [3.05, 3.63) is 42.9 Å². The van der Waals surface area contributed by atoms with Crippen LogP contribution in [0.15, 0.2) is 42.9 Å². The number of amides is 1. The van der Waals surface area contributed by atoms with Gasteiger partial charge in [-0.15, -0.1) is 5.10 Å². The second kappa shape index (κ2) is 5.35. The molecule has 1 amide bonds. The molecule has 1 unspecified atom stereocenters. The quantitative estimate of drug-likeness (QED) is 0.782. The van der Waals surface area contributed by atoms with Gasteiger partial charge in [-0.05, 0) is 30.7 Å². The number of hydrogen-bond acceptors (Lipinski definition) is 5. The minimum absolute atomic E-state index is 0.104. The van der Waals surface area contributed by atoms with Gasteiger partial charge in [0.25, 0.3) is 0 Å². The summed E-state index contributed by atoms with van der Waals surface area (Å²) in [5.74, 6) is 0.477. The second-order valence-electron chi connectivity index (χ2n) is 5.68. The van der Waals surface area contributed by atoms with E-state index in [1.54, 1.807) is 18.6 Å². The van der Waals surface area contributed by atoms with Gasteiger partial charge in [-0.1, -0.05) is 0 Å². The zero-order valence-corrected chi connectivity index (χ0v) is 12.5. The molecule has 3 aromatic rings. The molecule has 7 heteroatoms. The van der Waals surface area contributed by atoms with Crippen LogP contribution in [-0.2, 0) is 4.79 Å². The SMILES string of the molecule is NC(=O)C1CCN(c2ccc3ncc(-c4cccnc4)n3n2)C1. The van der Waals surface area contributed by atoms with Crippen molar-refractivity contribution in [2.24, 2.45) is 11.7 Å². The fourth-order valence-corrected chi connectivity index (χ4v) is 2.94. The molecule has 4 rings (SSSR count). The Morgan fingerprint density at radius 2 is 2.17 bits per heavy atom. The van der Waals surface area contributed by atoms with E-state index in [-0.39, 0.29) is 11.8 Å². The first-order valence-electron chi connectivity index (χ1n) is 7.52. The fraction of sp³-hybridized carbons (Fsp3) is 0.250. The van der Waals surface area contributed by atoms with Crippen LogP contribution in [0, 0.1) is 5.92 Å². The first kappa shape index (κ1) is 13.7. The van der Waals surface area contributed by atoms with E-state index in [0.29, 0.717) is 6.54 Å². The molecule has 0 saturated carbocycles. The number of carbonyl (C=O) groups is 1. The number of nitrogens with zero attached hydrogens (tertiary/aromatic N) is 5. The molecule has 1 fully saturated rings. The van der Waals surface area contributed by atoms with Gasteiger partial charge in [-0.25, -0.2) is 9.50 Å². The normalized spacial score (nSPS) is 17.7. The monoisotopic (exact) mass is 308 g/mol. The predicted octanol–water partition coefficient (Wildman–Crippen LogP) is 1.10. The molecular formula is C16H16N6O. The molecule has 1 atom stereocenters. The van der Waals surface area contributed by atoms with Crippen molar-refractivity contribution < 1.29 is 4.79 Å². The average molecular weight is 308 g/mol. The smallest absolute Gasteiger partial charge is 0.222 e. The van der Waals surface area contributed by atoms with Gasteiger partial charge in [0.1, 0.15) is 5.82 Å². The highest BCUT2D eigenvalue weighted by atomic mass is 16.1. The molecule has 2 N–H and O–H groups in total. The summed E-state index contributed by atoms with van der Waals surface area (Å²) in [6.07, 6.45) is 6.09. The number of carbonyl (C=O) groups excluding carboxylic acids is 1. The number of imidazole rings is 1. The standard InChI is InChI=1S/C16H16N6O/c17-16(23)12-5-7-21(10-12)15-4-3-14-19-9-13(22(14)20-15)11-2-1-6-18-8-11/h1-4,6,8-9,12H,5,7,10H2,(H2,17,23). The third-order valence-electron chi connectivity index (χ3n) is 4.22. The fourth-order valence-electron chi connectivity index (χ4n) is 2.94. The van der Waals surface area contributed by atoms with Crippen molar-refractivity contribution in [1.82, 2.24) is 19.6 Å². The van der Waals surface area contributed by atoms with Crippen molar-refractivity contribution in [2.75, 3.05) is 18.0 Å². The Balaban J connectivity index is 1.72.